The largest absolute Gasteiger partial charge is 0.493 e. The third kappa shape index (κ3) is 4.51. The van der Waals surface area contributed by atoms with Crippen molar-refractivity contribution < 1.29 is 18.6 Å². The minimum Gasteiger partial charge on any atom is -0.493 e. The second-order valence-electron chi connectivity index (χ2n) is 6.91. The minimum atomic E-state index is -0.273. The van der Waals surface area contributed by atoms with Crippen molar-refractivity contribution in [3.63, 3.8) is 0 Å². The molecule has 0 aliphatic heterocycles. The first kappa shape index (κ1) is 21.9. The van der Waals surface area contributed by atoms with Crippen LogP contribution in [0.3, 0.4) is 0 Å². The average Bonchev–Trinajstić information content (AvgIpc) is 3.18. The molecular weight excluding hydrogens is 403 g/mol. The molecule has 1 aromatic heterocycles. The fourth-order valence-corrected chi connectivity index (χ4v) is 4.46. The second kappa shape index (κ2) is 9.80. The van der Waals surface area contributed by atoms with E-state index in [4.69, 9.17) is 19.2 Å². The number of methoxy groups -OCH3 is 3. The second-order valence-corrected chi connectivity index (χ2v) is 7.75. The zero-order chi connectivity index (χ0) is 21.7. The van der Waals surface area contributed by atoms with Crippen LogP contribution >= 0.6 is 11.3 Å². The molecule has 0 saturated carbocycles. The molecule has 1 heterocycles. The van der Waals surface area contributed by atoms with Gasteiger partial charge in [-0.05, 0) is 49.7 Å². The van der Waals surface area contributed by atoms with Crippen molar-refractivity contribution in [3.05, 3.63) is 52.4 Å². The van der Waals surface area contributed by atoms with Crippen molar-refractivity contribution in [2.45, 2.75) is 32.7 Å². The van der Waals surface area contributed by atoms with Gasteiger partial charge in [0.2, 0.25) is 5.75 Å². The van der Waals surface area contributed by atoms with Crippen molar-refractivity contribution in [3.8, 4) is 28.5 Å². The zero-order valence-electron chi connectivity index (χ0n) is 17.9. The van der Waals surface area contributed by atoms with Gasteiger partial charge >= 0.3 is 0 Å². The number of hydrogen-bond acceptors (Lipinski definition) is 5. The molecule has 0 saturated heterocycles. The smallest absolute Gasteiger partial charge is 0.203 e. The van der Waals surface area contributed by atoms with E-state index in [1.54, 1.807) is 44.8 Å². The molecule has 0 aliphatic rings. The molecule has 160 valence electrons. The Morgan fingerprint density at radius 3 is 2.20 bits per heavy atom. The fourth-order valence-electron chi connectivity index (χ4n) is 3.44. The molecule has 0 bridgehead atoms. The van der Waals surface area contributed by atoms with E-state index >= 15 is 0 Å². The lowest BCUT2D eigenvalue weighted by Crippen LogP contribution is -2.20. The highest BCUT2D eigenvalue weighted by Crippen LogP contribution is 2.41. The van der Waals surface area contributed by atoms with Crippen LogP contribution in [0.5, 0.6) is 17.2 Å². The van der Waals surface area contributed by atoms with Gasteiger partial charge in [0.25, 0.3) is 0 Å². The van der Waals surface area contributed by atoms with Crippen LogP contribution in [0.15, 0.2) is 46.8 Å². The van der Waals surface area contributed by atoms with Crippen LogP contribution in [0.1, 0.15) is 32.7 Å². The first-order chi connectivity index (χ1) is 14.5. The summed E-state index contributed by atoms with van der Waals surface area (Å²) >= 11 is 1.55. The Morgan fingerprint density at radius 1 is 1.03 bits per heavy atom. The number of ether oxygens (including phenoxy) is 3. The van der Waals surface area contributed by atoms with Gasteiger partial charge in [-0.2, -0.15) is 0 Å². The molecule has 2 aromatic carbocycles. The molecule has 0 amide bonds. The molecule has 1 atom stereocenters. The Balaban J connectivity index is 2.20. The number of nitrogens with zero attached hydrogens (tertiary/aromatic N) is 2. The van der Waals surface area contributed by atoms with Crippen LogP contribution in [-0.4, -0.2) is 25.9 Å². The van der Waals surface area contributed by atoms with Gasteiger partial charge in [-0.25, -0.2) is 9.38 Å². The number of halogens is 1. The van der Waals surface area contributed by atoms with Gasteiger partial charge in [0.15, 0.2) is 16.3 Å². The summed E-state index contributed by atoms with van der Waals surface area (Å²) in [6.07, 6.45) is 2.06. The lowest BCUT2D eigenvalue weighted by molar-refractivity contribution is 0.324. The Labute approximate surface area is 180 Å². The first-order valence-electron chi connectivity index (χ1n) is 9.83. The monoisotopic (exact) mass is 430 g/mol. The summed E-state index contributed by atoms with van der Waals surface area (Å²) in [5.41, 5.74) is 2.68. The molecule has 7 heteroatoms. The van der Waals surface area contributed by atoms with Crippen molar-refractivity contribution >= 4 is 17.0 Å². The van der Waals surface area contributed by atoms with Crippen molar-refractivity contribution in [1.29, 1.82) is 0 Å². The van der Waals surface area contributed by atoms with E-state index in [9.17, 15) is 4.39 Å². The van der Waals surface area contributed by atoms with E-state index in [-0.39, 0.29) is 11.9 Å². The zero-order valence-corrected chi connectivity index (χ0v) is 18.8. The molecule has 0 N–H and O–H groups in total. The maximum atomic E-state index is 13.3. The molecule has 0 fully saturated rings. The predicted molar refractivity (Wildman–Crippen MR) is 119 cm³/mol. The molecule has 30 heavy (non-hydrogen) atoms. The van der Waals surface area contributed by atoms with Crippen molar-refractivity contribution in [2.75, 3.05) is 21.3 Å². The lowest BCUT2D eigenvalue weighted by Gasteiger charge is -2.19. The molecule has 5 nitrogen and oxygen atoms in total. The Morgan fingerprint density at radius 2 is 1.67 bits per heavy atom. The standard InChI is InChI=1S/C23H27FN2O3S/c1-6-7-15(2)26-19(14-30-23(26)25-18-10-8-17(24)9-11-18)16-12-20(27-3)22(29-5)21(13-16)28-4/h8-15H,6-7H2,1-5H3. The summed E-state index contributed by atoms with van der Waals surface area (Å²) in [5, 5.41) is 2.08. The summed E-state index contributed by atoms with van der Waals surface area (Å²) in [6.45, 7) is 4.35. The topological polar surface area (TPSA) is 45.0 Å². The molecule has 3 aromatic rings. The van der Waals surface area contributed by atoms with Gasteiger partial charge in [-0.15, -0.1) is 11.3 Å². The highest BCUT2D eigenvalue weighted by molar-refractivity contribution is 7.07. The molecule has 0 radical (unpaired) electrons. The number of aromatic nitrogens is 1. The summed E-state index contributed by atoms with van der Waals surface area (Å²) < 4.78 is 32.0. The van der Waals surface area contributed by atoms with Gasteiger partial charge in [-0.1, -0.05) is 13.3 Å². The summed E-state index contributed by atoms with van der Waals surface area (Å²) in [4.78, 5) is 5.63. The van der Waals surface area contributed by atoms with E-state index in [0.717, 1.165) is 28.9 Å². The predicted octanol–water partition coefficient (Wildman–Crippen LogP) is 5.98. The van der Waals surface area contributed by atoms with Gasteiger partial charge in [0.1, 0.15) is 5.82 Å². The highest BCUT2D eigenvalue weighted by Gasteiger charge is 2.19. The van der Waals surface area contributed by atoms with Gasteiger partial charge < -0.3 is 18.8 Å². The van der Waals surface area contributed by atoms with Crippen LogP contribution in [0, 0.1) is 5.82 Å². The van der Waals surface area contributed by atoms with Crippen LogP contribution in [0.2, 0.25) is 0 Å². The number of hydrogen-bond donors (Lipinski definition) is 0. The minimum absolute atomic E-state index is 0.231. The average molecular weight is 431 g/mol. The summed E-state index contributed by atoms with van der Waals surface area (Å²) in [6, 6.07) is 10.3. The Bertz CT molecular complexity index is 1030. The lowest BCUT2D eigenvalue weighted by atomic mass is 10.1. The van der Waals surface area contributed by atoms with Crippen LogP contribution in [-0.2, 0) is 0 Å². The molecule has 0 spiro atoms. The van der Waals surface area contributed by atoms with Crippen LogP contribution in [0.25, 0.3) is 11.3 Å². The molecule has 3 rings (SSSR count). The SMILES string of the molecule is CCCC(C)n1c(-c2cc(OC)c(OC)c(OC)c2)csc1=Nc1ccc(F)cc1. The van der Waals surface area contributed by atoms with Gasteiger partial charge in [0, 0.05) is 17.0 Å². The van der Waals surface area contributed by atoms with Crippen LogP contribution < -0.4 is 19.0 Å². The normalized spacial score (nSPS) is 12.7. The van der Waals surface area contributed by atoms with E-state index in [1.165, 1.54) is 12.1 Å². The van der Waals surface area contributed by atoms with Crippen molar-refractivity contribution in [1.82, 2.24) is 4.57 Å². The van der Waals surface area contributed by atoms with Gasteiger partial charge in [-0.3, -0.25) is 0 Å². The van der Waals surface area contributed by atoms with E-state index < -0.39 is 0 Å². The molecule has 1 unspecified atom stereocenters. The number of benzene rings is 2. The molecular formula is C23H27FN2O3S. The quantitative estimate of drug-likeness (QED) is 0.442. The highest BCUT2D eigenvalue weighted by atomic mass is 32.1. The Kier molecular flexibility index (Phi) is 7.15. The summed E-state index contributed by atoms with van der Waals surface area (Å²) in [7, 11) is 4.81. The molecule has 0 aliphatic carbocycles. The first-order valence-corrected chi connectivity index (χ1v) is 10.7. The Hall–Kier alpha value is -2.80. The summed E-state index contributed by atoms with van der Waals surface area (Å²) in [5.74, 6) is 1.49. The van der Waals surface area contributed by atoms with E-state index in [1.807, 2.05) is 12.1 Å². The third-order valence-electron chi connectivity index (χ3n) is 4.90. The fraction of sp³-hybridized carbons (Fsp3) is 0.348. The van der Waals surface area contributed by atoms with E-state index in [2.05, 4.69) is 23.8 Å². The van der Waals surface area contributed by atoms with Crippen LogP contribution in [0.4, 0.5) is 10.1 Å². The number of rotatable bonds is 8. The van der Waals surface area contributed by atoms with E-state index in [0.29, 0.717) is 22.9 Å². The van der Waals surface area contributed by atoms with Gasteiger partial charge in [0.05, 0.1) is 32.7 Å². The maximum absolute atomic E-state index is 13.3. The number of thiazole rings is 1. The third-order valence-corrected chi connectivity index (χ3v) is 5.74. The van der Waals surface area contributed by atoms with Crippen molar-refractivity contribution in [2.24, 2.45) is 4.99 Å². The maximum Gasteiger partial charge on any atom is 0.203 e.